The van der Waals surface area contributed by atoms with Crippen LogP contribution in [0.2, 0.25) is 5.02 Å². The van der Waals surface area contributed by atoms with Crippen LogP contribution in [-0.4, -0.2) is 19.8 Å². The Morgan fingerprint density at radius 2 is 1.89 bits per heavy atom. The van der Waals surface area contributed by atoms with E-state index in [0.717, 1.165) is 41.5 Å². The van der Waals surface area contributed by atoms with Crippen LogP contribution in [0.25, 0.3) is 0 Å². The van der Waals surface area contributed by atoms with Crippen molar-refractivity contribution in [2.45, 2.75) is 32.7 Å². The molecule has 18 heavy (non-hydrogen) atoms. The fraction of sp³-hybridized carbons (Fsp3) is 0.571. The van der Waals surface area contributed by atoms with Crippen molar-refractivity contribution in [1.29, 1.82) is 0 Å². The highest BCUT2D eigenvalue weighted by Crippen LogP contribution is 2.38. The van der Waals surface area contributed by atoms with E-state index in [2.05, 4.69) is 19.2 Å². The van der Waals surface area contributed by atoms with Crippen molar-refractivity contribution < 1.29 is 9.47 Å². The highest BCUT2D eigenvalue weighted by atomic mass is 35.5. The summed E-state index contributed by atoms with van der Waals surface area (Å²) in [6.45, 7) is 6.50. The van der Waals surface area contributed by atoms with Gasteiger partial charge in [0.1, 0.15) is 13.2 Å². The molecule has 1 N–H and O–H groups in total. The topological polar surface area (TPSA) is 30.5 Å². The van der Waals surface area contributed by atoms with Gasteiger partial charge in [0, 0.05) is 17.1 Å². The molecule has 0 aromatic heterocycles. The molecule has 0 aliphatic carbocycles. The first-order valence-corrected chi connectivity index (χ1v) is 6.96. The number of rotatable bonds is 5. The van der Waals surface area contributed by atoms with Gasteiger partial charge in [0.15, 0.2) is 11.5 Å². The molecule has 1 aromatic carbocycles. The third kappa shape index (κ3) is 2.90. The Balaban J connectivity index is 2.25. The van der Waals surface area contributed by atoms with Gasteiger partial charge in [0.05, 0.1) is 0 Å². The zero-order valence-corrected chi connectivity index (χ0v) is 11.7. The summed E-state index contributed by atoms with van der Waals surface area (Å²) in [7, 11) is 0. The van der Waals surface area contributed by atoms with E-state index in [9.17, 15) is 0 Å². The van der Waals surface area contributed by atoms with Gasteiger partial charge < -0.3 is 14.8 Å². The molecule has 1 heterocycles. The molecule has 4 heteroatoms. The Hall–Kier alpha value is -0.930. The van der Waals surface area contributed by atoms with E-state index >= 15 is 0 Å². The fourth-order valence-electron chi connectivity index (χ4n) is 2.14. The highest BCUT2D eigenvalue weighted by Gasteiger charge is 2.19. The van der Waals surface area contributed by atoms with Gasteiger partial charge in [-0.25, -0.2) is 0 Å². The van der Waals surface area contributed by atoms with Gasteiger partial charge >= 0.3 is 0 Å². The predicted molar refractivity (Wildman–Crippen MR) is 73.8 cm³/mol. The molecule has 1 aromatic rings. The molecular weight excluding hydrogens is 250 g/mol. The molecule has 1 atom stereocenters. The van der Waals surface area contributed by atoms with Crippen molar-refractivity contribution >= 4 is 11.6 Å². The van der Waals surface area contributed by atoms with Gasteiger partial charge in [-0.1, -0.05) is 25.4 Å². The Morgan fingerprint density at radius 1 is 1.22 bits per heavy atom. The number of fused-ring (bicyclic) bond motifs is 1. The third-order valence-electron chi connectivity index (χ3n) is 3.09. The van der Waals surface area contributed by atoms with Crippen molar-refractivity contribution in [3.63, 3.8) is 0 Å². The molecule has 0 amide bonds. The van der Waals surface area contributed by atoms with Crippen molar-refractivity contribution in [3.8, 4) is 11.5 Å². The van der Waals surface area contributed by atoms with Crippen LogP contribution in [0.5, 0.6) is 11.5 Å². The maximum atomic E-state index is 6.34. The first kappa shape index (κ1) is 13.5. The van der Waals surface area contributed by atoms with Crippen LogP contribution in [0.3, 0.4) is 0 Å². The first-order chi connectivity index (χ1) is 8.76. The molecule has 0 spiro atoms. The van der Waals surface area contributed by atoms with Crippen molar-refractivity contribution in [2.24, 2.45) is 0 Å². The van der Waals surface area contributed by atoms with E-state index in [1.165, 1.54) is 0 Å². The number of ether oxygens (including phenoxy) is 2. The summed E-state index contributed by atoms with van der Waals surface area (Å²) in [6, 6.07) is 4.14. The van der Waals surface area contributed by atoms with E-state index in [-0.39, 0.29) is 6.04 Å². The molecule has 0 saturated heterocycles. The summed E-state index contributed by atoms with van der Waals surface area (Å²) in [5.41, 5.74) is 1.09. The molecule has 0 fully saturated rings. The van der Waals surface area contributed by atoms with Crippen LogP contribution in [0, 0.1) is 0 Å². The molecule has 1 aliphatic rings. The van der Waals surface area contributed by atoms with Crippen molar-refractivity contribution in [2.75, 3.05) is 19.8 Å². The molecule has 3 nitrogen and oxygen atoms in total. The van der Waals surface area contributed by atoms with E-state index in [0.29, 0.717) is 13.2 Å². The smallest absolute Gasteiger partial charge is 0.162 e. The van der Waals surface area contributed by atoms with E-state index in [1.807, 2.05) is 12.1 Å². The second-order valence-corrected chi connectivity index (χ2v) is 4.84. The van der Waals surface area contributed by atoms with Gasteiger partial charge in [-0.2, -0.15) is 0 Å². The largest absolute Gasteiger partial charge is 0.486 e. The minimum Gasteiger partial charge on any atom is -0.486 e. The summed E-state index contributed by atoms with van der Waals surface area (Å²) >= 11 is 6.34. The minimum absolute atomic E-state index is 0.272. The fourth-order valence-corrected chi connectivity index (χ4v) is 2.42. The molecule has 0 radical (unpaired) electrons. The van der Waals surface area contributed by atoms with Crippen LogP contribution in [-0.2, 0) is 0 Å². The van der Waals surface area contributed by atoms with Crippen LogP contribution in [0.15, 0.2) is 12.1 Å². The second kappa shape index (κ2) is 6.30. The van der Waals surface area contributed by atoms with Gasteiger partial charge in [-0.05, 0) is 31.0 Å². The minimum atomic E-state index is 0.272. The maximum absolute atomic E-state index is 6.34. The Kier molecular flexibility index (Phi) is 4.72. The van der Waals surface area contributed by atoms with Crippen molar-refractivity contribution in [1.82, 2.24) is 5.32 Å². The van der Waals surface area contributed by atoms with Gasteiger partial charge in [-0.3, -0.25) is 0 Å². The monoisotopic (exact) mass is 269 g/mol. The standard InChI is InChI=1S/C14H20ClNO2/c1-3-5-16-12(4-2)10-8-13-14(9-11(10)15)18-7-6-17-13/h8-9,12,16H,3-7H2,1-2H3. The summed E-state index contributed by atoms with van der Waals surface area (Å²) in [5.74, 6) is 1.55. The number of benzene rings is 1. The summed E-state index contributed by atoms with van der Waals surface area (Å²) in [4.78, 5) is 0. The quantitative estimate of drug-likeness (QED) is 0.887. The van der Waals surface area contributed by atoms with E-state index in [1.54, 1.807) is 0 Å². The van der Waals surface area contributed by atoms with Crippen LogP contribution in [0.1, 0.15) is 38.3 Å². The zero-order valence-electron chi connectivity index (χ0n) is 11.0. The van der Waals surface area contributed by atoms with Crippen LogP contribution in [0.4, 0.5) is 0 Å². The lowest BCUT2D eigenvalue weighted by atomic mass is 10.0. The molecule has 0 saturated carbocycles. The number of halogens is 1. The Bertz CT molecular complexity index is 409. The molecular formula is C14H20ClNO2. The summed E-state index contributed by atoms with van der Waals surface area (Å²) in [6.07, 6.45) is 2.11. The lowest BCUT2D eigenvalue weighted by Gasteiger charge is -2.23. The van der Waals surface area contributed by atoms with Crippen LogP contribution < -0.4 is 14.8 Å². The van der Waals surface area contributed by atoms with E-state index in [4.69, 9.17) is 21.1 Å². The zero-order chi connectivity index (χ0) is 13.0. The van der Waals surface area contributed by atoms with Crippen LogP contribution >= 0.6 is 11.6 Å². The summed E-state index contributed by atoms with van der Waals surface area (Å²) < 4.78 is 11.1. The first-order valence-electron chi connectivity index (χ1n) is 6.58. The molecule has 100 valence electrons. The number of nitrogens with one attached hydrogen (secondary N) is 1. The molecule has 2 rings (SSSR count). The maximum Gasteiger partial charge on any atom is 0.162 e. The Labute approximate surface area is 113 Å². The highest BCUT2D eigenvalue weighted by molar-refractivity contribution is 6.31. The number of hydrogen-bond acceptors (Lipinski definition) is 3. The average molecular weight is 270 g/mol. The predicted octanol–water partition coefficient (Wildman–Crippen LogP) is 3.56. The SMILES string of the molecule is CCCNC(CC)c1cc2c(cc1Cl)OCCO2. The lowest BCUT2D eigenvalue weighted by molar-refractivity contribution is 0.171. The van der Waals surface area contributed by atoms with E-state index < -0.39 is 0 Å². The third-order valence-corrected chi connectivity index (χ3v) is 3.41. The molecule has 0 bridgehead atoms. The van der Waals surface area contributed by atoms with Gasteiger partial charge in [0.25, 0.3) is 0 Å². The second-order valence-electron chi connectivity index (χ2n) is 4.43. The lowest BCUT2D eigenvalue weighted by Crippen LogP contribution is -2.22. The van der Waals surface area contributed by atoms with Gasteiger partial charge in [0.2, 0.25) is 0 Å². The normalized spacial score (nSPS) is 15.5. The van der Waals surface area contributed by atoms with Gasteiger partial charge in [-0.15, -0.1) is 0 Å². The summed E-state index contributed by atoms with van der Waals surface area (Å²) in [5, 5.41) is 4.25. The molecule has 1 aliphatic heterocycles. The molecule has 1 unspecified atom stereocenters. The average Bonchev–Trinajstić information content (AvgIpc) is 2.40. The number of hydrogen-bond donors (Lipinski definition) is 1. The van der Waals surface area contributed by atoms with Crippen molar-refractivity contribution in [3.05, 3.63) is 22.7 Å². The Morgan fingerprint density at radius 3 is 2.50 bits per heavy atom.